The molecule has 0 bridgehead atoms. The van der Waals surface area contributed by atoms with Crippen LogP contribution in [0.2, 0.25) is 0 Å². The van der Waals surface area contributed by atoms with Gasteiger partial charge in [-0.1, -0.05) is 36.4 Å². The summed E-state index contributed by atoms with van der Waals surface area (Å²) in [4.78, 5) is 77.1. The van der Waals surface area contributed by atoms with E-state index in [4.69, 9.17) is 29.1 Å². The normalized spacial score (nSPS) is 13.3. The molecule has 3 aromatic rings. The number of piperidine rings is 1. The fourth-order valence-electron chi connectivity index (χ4n) is 5.49. The number of esters is 3. The number of hydrogen-bond donors (Lipinski definition) is 3. The van der Waals surface area contributed by atoms with Gasteiger partial charge in [-0.05, 0) is 75.6 Å². The van der Waals surface area contributed by atoms with Gasteiger partial charge in [-0.25, -0.2) is 14.4 Å². The summed E-state index contributed by atoms with van der Waals surface area (Å²) in [7, 11) is 0. The Labute approximate surface area is 312 Å². The maximum atomic E-state index is 14.0. The molecule has 0 aromatic heterocycles. The van der Waals surface area contributed by atoms with Gasteiger partial charge in [0, 0.05) is 37.6 Å². The first-order valence-electron chi connectivity index (χ1n) is 17.4. The molecule has 286 valence electrons. The zero-order valence-electron chi connectivity index (χ0n) is 30.5. The van der Waals surface area contributed by atoms with E-state index in [1.54, 1.807) is 62.1 Å². The van der Waals surface area contributed by atoms with Crippen LogP contribution < -0.4 is 20.1 Å². The summed E-state index contributed by atoms with van der Waals surface area (Å²) in [6.45, 7) is 7.01. The number of amidine groups is 1. The highest BCUT2D eigenvalue weighted by Gasteiger charge is 2.31. The molecule has 15 heteroatoms. The Morgan fingerprint density at radius 2 is 1.52 bits per heavy atom. The molecule has 1 heterocycles. The van der Waals surface area contributed by atoms with Crippen molar-refractivity contribution in [2.45, 2.75) is 65.2 Å². The van der Waals surface area contributed by atoms with E-state index >= 15 is 0 Å². The molecule has 1 aliphatic heterocycles. The number of nitrogens with one attached hydrogen (secondary N) is 3. The summed E-state index contributed by atoms with van der Waals surface area (Å²) in [5, 5.41) is 13.3. The highest BCUT2D eigenvalue weighted by Crippen LogP contribution is 2.23. The highest BCUT2D eigenvalue weighted by molar-refractivity contribution is 6.05. The van der Waals surface area contributed by atoms with E-state index in [9.17, 15) is 28.8 Å². The molecule has 0 saturated carbocycles. The van der Waals surface area contributed by atoms with Gasteiger partial charge in [-0.3, -0.25) is 25.1 Å². The molecular weight excluding hydrogens is 700 g/mol. The standard InChI is InChI=1S/C39H44N4O11/c1-5-50-39(49)42-35(40)27-12-14-28(15-13-27)36(46)41-32(37(47)43-20-18-29(19-21-43)51-23-34(45)52-24(2)3)22-26-10-16-30(17-11-26)54-38(48)31-8-6-7-9-33(31)53-25(4)44/h6-17,24,29,32H,5,18-23H2,1-4H3,(H,41,46)(H2,40,42,49)/t32-/m0/s1. The molecule has 3 N–H and O–H groups in total. The molecule has 15 nitrogen and oxygen atoms in total. The summed E-state index contributed by atoms with van der Waals surface area (Å²) < 4.78 is 26.3. The van der Waals surface area contributed by atoms with Crippen molar-refractivity contribution in [2.24, 2.45) is 0 Å². The average molecular weight is 745 g/mol. The van der Waals surface area contributed by atoms with Crippen LogP contribution in [0.1, 0.15) is 72.4 Å². The summed E-state index contributed by atoms with van der Waals surface area (Å²) in [6.07, 6.45) is -0.211. The Morgan fingerprint density at radius 1 is 0.870 bits per heavy atom. The number of nitrogens with zero attached hydrogens (tertiary/aromatic N) is 1. The van der Waals surface area contributed by atoms with Crippen molar-refractivity contribution in [1.82, 2.24) is 15.5 Å². The van der Waals surface area contributed by atoms with Gasteiger partial charge in [0.25, 0.3) is 5.91 Å². The van der Waals surface area contributed by atoms with Crippen molar-refractivity contribution < 1.29 is 52.5 Å². The summed E-state index contributed by atoms with van der Waals surface area (Å²) >= 11 is 0. The van der Waals surface area contributed by atoms with E-state index in [1.807, 2.05) is 0 Å². The zero-order valence-corrected chi connectivity index (χ0v) is 30.5. The number of rotatable bonds is 14. The van der Waals surface area contributed by atoms with Crippen molar-refractivity contribution in [3.63, 3.8) is 0 Å². The third kappa shape index (κ3) is 12.3. The third-order valence-electron chi connectivity index (χ3n) is 8.03. The van der Waals surface area contributed by atoms with E-state index in [1.165, 1.54) is 43.3 Å². The lowest BCUT2D eigenvalue weighted by atomic mass is 10.0. The first-order valence-corrected chi connectivity index (χ1v) is 17.4. The van der Waals surface area contributed by atoms with Gasteiger partial charge in [-0.2, -0.15) is 0 Å². The van der Waals surface area contributed by atoms with Crippen molar-refractivity contribution in [3.8, 4) is 11.5 Å². The predicted octanol–water partition coefficient (Wildman–Crippen LogP) is 4.20. The lowest BCUT2D eigenvalue weighted by Crippen LogP contribution is -2.52. The van der Waals surface area contributed by atoms with Crippen LogP contribution in [0.5, 0.6) is 11.5 Å². The van der Waals surface area contributed by atoms with Gasteiger partial charge in [0.05, 0.1) is 18.8 Å². The van der Waals surface area contributed by atoms with E-state index in [-0.39, 0.29) is 66.2 Å². The number of alkyl carbamates (subject to hydrolysis) is 1. The Hall–Kier alpha value is -6.09. The topological polar surface area (TPSA) is 200 Å². The third-order valence-corrected chi connectivity index (χ3v) is 8.03. The van der Waals surface area contributed by atoms with Crippen LogP contribution in [-0.2, 0) is 35.0 Å². The van der Waals surface area contributed by atoms with E-state index < -0.39 is 36.0 Å². The van der Waals surface area contributed by atoms with Crippen molar-refractivity contribution >= 4 is 41.7 Å². The lowest BCUT2D eigenvalue weighted by molar-refractivity contribution is -0.156. The Kier molecular flexibility index (Phi) is 14.8. The van der Waals surface area contributed by atoms with Crippen LogP contribution in [0.3, 0.4) is 0 Å². The van der Waals surface area contributed by atoms with Gasteiger partial charge in [0.1, 0.15) is 35.5 Å². The number of para-hydroxylation sites is 1. The minimum Gasteiger partial charge on any atom is -0.461 e. The first kappa shape index (κ1) is 40.7. The minimum atomic E-state index is -0.997. The smallest absolute Gasteiger partial charge is 0.412 e. The molecule has 54 heavy (non-hydrogen) atoms. The Morgan fingerprint density at radius 3 is 2.15 bits per heavy atom. The summed E-state index contributed by atoms with van der Waals surface area (Å²) in [5.41, 5.74) is 1.28. The Bertz CT molecular complexity index is 1820. The molecule has 0 radical (unpaired) electrons. The van der Waals surface area contributed by atoms with Gasteiger partial charge in [0.2, 0.25) is 5.91 Å². The van der Waals surface area contributed by atoms with Gasteiger partial charge in [0.15, 0.2) is 0 Å². The number of amides is 3. The van der Waals surface area contributed by atoms with Gasteiger partial charge >= 0.3 is 24.0 Å². The quantitative estimate of drug-likeness (QED) is 0.0925. The van der Waals surface area contributed by atoms with Gasteiger partial charge < -0.3 is 33.9 Å². The van der Waals surface area contributed by atoms with E-state index in [0.717, 1.165) is 0 Å². The van der Waals surface area contributed by atoms with Crippen LogP contribution in [0.4, 0.5) is 4.79 Å². The molecule has 4 rings (SSSR count). The zero-order chi connectivity index (χ0) is 39.2. The number of hydrogen-bond acceptors (Lipinski definition) is 12. The second kappa shape index (κ2) is 19.7. The number of benzene rings is 3. The van der Waals surface area contributed by atoms with Gasteiger partial charge in [-0.15, -0.1) is 0 Å². The van der Waals surface area contributed by atoms with Crippen LogP contribution in [-0.4, -0.2) is 91.1 Å². The summed E-state index contributed by atoms with van der Waals surface area (Å²) in [5.74, 6) is -2.58. The SMILES string of the molecule is CCOC(=O)NC(=N)c1ccc(C(=O)N[C@@H](Cc2ccc(OC(=O)c3ccccc3OC(C)=O)cc2)C(=O)N2CCC(OCC(=O)OC(C)C)CC2)cc1. The Balaban J connectivity index is 1.46. The van der Waals surface area contributed by atoms with Crippen molar-refractivity contribution in [3.05, 3.63) is 95.1 Å². The maximum absolute atomic E-state index is 14.0. The monoisotopic (exact) mass is 744 g/mol. The van der Waals surface area contributed by atoms with Crippen LogP contribution in [0.25, 0.3) is 0 Å². The number of carbonyl (C=O) groups is 6. The molecule has 0 unspecified atom stereocenters. The molecule has 1 atom stereocenters. The second-order valence-corrected chi connectivity index (χ2v) is 12.5. The van der Waals surface area contributed by atoms with Crippen molar-refractivity contribution in [2.75, 3.05) is 26.3 Å². The second-order valence-electron chi connectivity index (χ2n) is 12.5. The minimum absolute atomic E-state index is 0.0641. The maximum Gasteiger partial charge on any atom is 0.412 e. The van der Waals surface area contributed by atoms with Crippen LogP contribution in [0.15, 0.2) is 72.8 Å². The molecule has 3 amide bonds. The summed E-state index contributed by atoms with van der Waals surface area (Å²) in [6, 6.07) is 17.6. The number of carbonyl (C=O) groups excluding carboxylic acids is 6. The molecule has 3 aromatic carbocycles. The number of likely N-dealkylation sites (tertiary alicyclic amines) is 1. The predicted molar refractivity (Wildman–Crippen MR) is 194 cm³/mol. The fourth-order valence-corrected chi connectivity index (χ4v) is 5.49. The molecule has 0 aliphatic carbocycles. The highest BCUT2D eigenvalue weighted by atomic mass is 16.6. The van der Waals surface area contributed by atoms with Crippen LogP contribution in [0, 0.1) is 5.41 Å². The molecular formula is C39H44N4O11. The molecule has 1 saturated heterocycles. The lowest BCUT2D eigenvalue weighted by Gasteiger charge is -2.34. The fraction of sp³-hybridized carbons (Fsp3) is 0.359. The largest absolute Gasteiger partial charge is 0.461 e. The molecule has 1 fully saturated rings. The van der Waals surface area contributed by atoms with Crippen LogP contribution >= 0.6 is 0 Å². The number of ether oxygens (including phenoxy) is 5. The van der Waals surface area contributed by atoms with E-state index in [2.05, 4.69) is 10.6 Å². The van der Waals surface area contributed by atoms with Crippen molar-refractivity contribution in [1.29, 1.82) is 5.41 Å². The molecule has 1 aliphatic rings. The molecule has 0 spiro atoms. The first-order chi connectivity index (χ1) is 25.8. The average Bonchev–Trinajstić information content (AvgIpc) is 3.14. The van der Waals surface area contributed by atoms with E-state index in [0.29, 0.717) is 37.1 Å².